The van der Waals surface area contributed by atoms with E-state index in [9.17, 15) is 9.18 Å². The second-order valence-corrected chi connectivity index (χ2v) is 7.65. The minimum atomic E-state index is -0.327. The van der Waals surface area contributed by atoms with Crippen LogP contribution in [0.25, 0.3) is 10.2 Å². The summed E-state index contributed by atoms with van der Waals surface area (Å²) in [6.07, 6.45) is 0. The number of fused-ring (bicyclic) bond motifs is 1. The molecule has 0 radical (unpaired) electrons. The monoisotopic (exact) mass is 384 g/mol. The highest BCUT2D eigenvalue weighted by Gasteiger charge is 2.23. The maximum atomic E-state index is 13.8. The van der Waals surface area contributed by atoms with Gasteiger partial charge in [0, 0.05) is 38.9 Å². The van der Waals surface area contributed by atoms with E-state index in [1.54, 1.807) is 11.0 Å². The summed E-state index contributed by atoms with van der Waals surface area (Å²) in [6, 6.07) is 15.2. The summed E-state index contributed by atoms with van der Waals surface area (Å²) in [5.74, 6) is -0.253. The number of anilines is 2. The van der Waals surface area contributed by atoms with Gasteiger partial charge in [-0.15, -0.1) is 0 Å². The van der Waals surface area contributed by atoms with Gasteiger partial charge in [-0.2, -0.15) is 0 Å². The molecule has 0 bridgehead atoms. The van der Waals surface area contributed by atoms with Gasteiger partial charge in [0.25, 0.3) is 0 Å². The Bertz CT molecular complexity index is 938. The lowest BCUT2D eigenvalue weighted by Gasteiger charge is -2.36. The third-order valence-corrected chi connectivity index (χ3v) is 5.95. The lowest BCUT2D eigenvalue weighted by molar-refractivity contribution is -0.129. The fraction of sp³-hybridized carbons (Fsp3) is 0.300. The Morgan fingerprint density at radius 3 is 2.56 bits per heavy atom. The molecular weight excluding hydrogens is 363 g/mol. The number of aromatic nitrogens is 1. The van der Waals surface area contributed by atoms with Gasteiger partial charge in [0.05, 0.1) is 11.2 Å². The van der Waals surface area contributed by atoms with E-state index < -0.39 is 0 Å². The van der Waals surface area contributed by atoms with Gasteiger partial charge in [-0.1, -0.05) is 35.6 Å². The van der Waals surface area contributed by atoms with Crippen LogP contribution < -0.4 is 9.80 Å². The number of likely N-dealkylation sites (N-methyl/N-ethyl adjacent to an activating group) is 1. The van der Waals surface area contributed by atoms with Crippen LogP contribution in [0.2, 0.25) is 0 Å². The van der Waals surface area contributed by atoms with E-state index in [1.807, 2.05) is 36.2 Å². The summed E-state index contributed by atoms with van der Waals surface area (Å²) in [4.78, 5) is 23.0. The second kappa shape index (κ2) is 7.52. The number of halogens is 1. The molecule has 0 saturated carbocycles. The quantitative estimate of drug-likeness (QED) is 0.693. The van der Waals surface area contributed by atoms with Crippen molar-refractivity contribution < 1.29 is 9.18 Å². The van der Waals surface area contributed by atoms with E-state index in [0.717, 1.165) is 17.8 Å². The topological polar surface area (TPSA) is 39.7 Å². The molecule has 1 amide bonds. The first kappa shape index (κ1) is 17.7. The molecule has 4 rings (SSSR count). The van der Waals surface area contributed by atoms with E-state index in [2.05, 4.69) is 22.0 Å². The number of benzene rings is 2. The van der Waals surface area contributed by atoms with Gasteiger partial charge in [0.2, 0.25) is 5.91 Å². The van der Waals surface area contributed by atoms with Crippen LogP contribution in [-0.2, 0) is 4.79 Å². The first-order valence-corrected chi connectivity index (χ1v) is 9.77. The zero-order chi connectivity index (χ0) is 18.8. The van der Waals surface area contributed by atoms with Crippen LogP contribution in [0.4, 0.5) is 15.2 Å². The molecule has 27 heavy (non-hydrogen) atoms. The molecule has 1 aliphatic heterocycles. The fourth-order valence-corrected chi connectivity index (χ4v) is 4.23. The van der Waals surface area contributed by atoms with Gasteiger partial charge in [0.1, 0.15) is 11.3 Å². The Morgan fingerprint density at radius 1 is 1.11 bits per heavy atom. The van der Waals surface area contributed by atoms with Crippen LogP contribution in [0.15, 0.2) is 48.5 Å². The maximum Gasteiger partial charge on any atom is 0.242 e. The summed E-state index contributed by atoms with van der Waals surface area (Å²) in [5.41, 5.74) is 1.56. The number of piperazine rings is 1. The highest BCUT2D eigenvalue weighted by molar-refractivity contribution is 7.22. The number of carbonyl (C=O) groups excluding carboxylic acids is 1. The van der Waals surface area contributed by atoms with E-state index in [-0.39, 0.29) is 18.3 Å². The van der Waals surface area contributed by atoms with Crippen molar-refractivity contribution in [3.05, 3.63) is 54.3 Å². The maximum absolute atomic E-state index is 13.8. The van der Waals surface area contributed by atoms with Crippen LogP contribution >= 0.6 is 11.3 Å². The number of hydrogen-bond donors (Lipinski definition) is 0. The molecule has 2 heterocycles. The van der Waals surface area contributed by atoms with E-state index in [1.165, 1.54) is 23.1 Å². The van der Waals surface area contributed by atoms with Crippen LogP contribution in [0, 0.1) is 5.82 Å². The average Bonchev–Trinajstić information content (AvgIpc) is 3.15. The summed E-state index contributed by atoms with van der Waals surface area (Å²) >= 11 is 1.40. The van der Waals surface area contributed by atoms with Gasteiger partial charge in [0.15, 0.2) is 5.13 Å². The number of nitrogens with zero attached hydrogens (tertiary/aromatic N) is 4. The number of para-hydroxylation sites is 2. The predicted octanol–water partition coefficient (Wildman–Crippen LogP) is 3.22. The van der Waals surface area contributed by atoms with Gasteiger partial charge in [-0.05, 0) is 24.3 Å². The van der Waals surface area contributed by atoms with Crippen molar-refractivity contribution in [2.45, 2.75) is 0 Å². The van der Waals surface area contributed by atoms with Crippen molar-refractivity contribution in [3.8, 4) is 0 Å². The smallest absolute Gasteiger partial charge is 0.242 e. The minimum Gasteiger partial charge on any atom is -0.368 e. The van der Waals surface area contributed by atoms with E-state index in [4.69, 9.17) is 0 Å². The molecule has 140 valence electrons. The van der Waals surface area contributed by atoms with Crippen molar-refractivity contribution in [1.82, 2.24) is 9.88 Å². The van der Waals surface area contributed by atoms with Crippen molar-refractivity contribution in [2.24, 2.45) is 0 Å². The summed E-state index contributed by atoms with van der Waals surface area (Å²) < 4.78 is 14.6. The largest absolute Gasteiger partial charge is 0.368 e. The summed E-state index contributed by atoms with van der Waals surface area (Å²) in [6.45, 7) is 3.30. The molecule has 1 aliphatic rings. The molecule has 7 heteroatoms. The lowest BCUT2D eigenvalue weighted by atomic mass is 10.2. The molecule has 0 unspecified atom stereocenters. The molecule has 2 aromatic carbocycles. The molecular formula is C20H21FN4OS. The van der Waals surface area contributed by atoms with Crippen molar-refractivity contribution in [3.63, 3.8) is 0 Å². The first-order valence-electron chi connectivity index (χ1n) is 8.96. The summed E-state index contributed by atoms with van der Waals surface area (Å²) in [7, 11) is 1.83. The van der Waals surface area contributed by atoms with Crippen molar-refractivity contribution in [1.29, 1.82) is 0 Å². The van der Waals surface area contributed by atoms with Gasteiger partial charge in [-0.25, -0.2) is 9.37 Å². The average molecular weight is 384 g/mol. The number of rotatable bonds is 4. The zero-order valence-electron chi connectivity index (χ0n) is 15.1. The highest BCUT2D eigenvalue weighted by Crippen LogP contribution is 2.29. The molecule has 0 aliphatic carbocycles. The molecule has 1 fully saturated rings. The third kappa shape index (κ3) is 3.73. The molecule has 0 N–H and O–H groups in total. The van der Waals surface area contributed by atoms with Gasteiger partial charge in [-0.3, -0.25) is 4.79 Å². The van der Waals surface area contributed by atoms with Crippen molar-refractivity contribution in [2.75, 3.05) is 49.6 Å². The molecule has 3 aromatic rings. The number of hydrogen-bond acceptors (Lipinski definition) is 5. The van der Waals surface area contributed by atoms with Gasteiger partial charge >= 0.3 is 0 Å². The molecule has 0 spiro atoms. The SMILES string of the molecule is CN(CC(=O)N1CCN(c2ccccc2)CC1)c1nc2c(F)cccc2s1. The Kier molecular flexibility index (Phi) is 4.94. The fourth-order valence-electron chi connectivity index (χ4n) is 3.29. The molecule has 5 nitrogen and oxygen atoms in total. The van der Waals surface area contributed by atoms with E-state index in [0.29, 0.717) is 23.7 Å². The number of carbonyl (C=O) groups is 1. The highest BCUT2D eigenvalue weighted by atomic mass is 32.1. The van der Waals surface area contributed by atoms with Gasteiger partial charge < -0.3 is 14.7 Å². The number of thiazole rings is 1. The predicted molar refractivity (Wildman–Crippen MR) is 108 cm³/mol. The Balaban J connectivity index is 1.37. The van der Waals surface area contributed by atoms with Crippen LogP contribution in [0.1, 0.15) is 0 Å². The van der Waals surface area contributed by atoms with Crippen LogP contribution in [0.5, 0.6) is 0 Å². The lowest BCUT2D eigenvalue weighted by Crippen LogP contribution is -2.51. The zero-order valence-corrected chi connectivity index (χ0v) is 16.0. The first-order chi connectivity index (χ1) is 13.1. The Morgan fingerprint density at radius 2 is 1.85 bits per heavy atom. The molecule has 1 saturated heterocycles. The Labute approximate surface area is 161 Å². The van der Waals surface area contributed by atoms with Crippen LogP contribution in [-0.4, -0.2) is 55.6 Å². The number of amides is 1. The van der Waals surface area contributed by atoms with E-state index >= 15 is 0 Å². The molecule has 0 atom stereocenters. The Hall–Kier alpha value is -2.67. The van der Waals surface area contributed by atoms with Crippen LogP contribution in [0.3, 0.4) is 0 Å². The molecule has 1 aromatic heterocycles. The van der Waals surface area contributed by atoms with Crippen molar-refractivity contribution >= 4 is 38.3 Å². The summed E-state index contributed by atoms with van der Waals surface area (Å²) in [5, 5.41) is 0.659. The third-order valence-electron chi connectivity index (χ3n) is 4.81. The standard InChI is InChI=1S/C20H21FN4OS/c1-23(20-22-19-16(21)8-5-9-17(19)27-20)14-18(26)25-12-10-24(11-13-25)15-6-3-2-4-7-15/h2-9H,10-14H2,1H3. The normalized spacial score (nSPS) is 14.6. The second-order valence-electron chi connectivity index (χ2n) is 6.64. The minimum absolute atomic E-state index is 0.0740.